The van der Waals surface area contributed by atoms with Crippen LogP contribution in [0.1, 0.15) is 44.7 Å². The first-order valence-electron chi connectivity index (χ1n) is 9.33. The zero-order chi connectivity index (χ0) is 19.8. The second kappa shape index (κ2) is 10.5. The van der Waals surface area contributed by atoms with Crippen LogP contribution in [0.25, 0.3) is 0 Å². The summed E-state index contributed by atoms with van der Waals surface area (Å²) in [5, 5.41) is 1.53. The van der Waals surface area contributed by atoms with Crippen LogP contribution in [0.2, 0.25) is 10.0 Å². The van der Waals surface area contributed by atoms with Crippen molar-refractivity contribution in [3.05, 3.63) is 82.9 Å². The summed E-state index contributed by atoms with van der Waals surface area (Å²) in [4.78, 5) is 14.7. The summed E-state index contributed by atoms with van der Waals surface area (Å²) < 4.78 is 0. The molecule has 1 aliphatic heterocycles. The van der Waals surface area contributed by atoms with Gasteiger partial charge in [0.2, 0.25) is 5.91 Å². The summed E-state index contributed by atoms with van der Waals surface area (Å²) >= 11 is 11.5. The minimum atomic E-state index is 0.0958. The molecule has 0 radical (unpaired) electrons. The molecule has 4 heteroatoms. The molecular weight excluding hydrogens is 377 g/mol. The second-order valence-corrected chi connectivity index (χ2v) is 7.87. The number of halogens is 2. The lowest BCUT2D eigenvalue weighted by Crippen LogP contribution is -2.46. The lowest BCUT2D eigenvalue weighted by molar-refractivity contribution is -0.144. The molecule has 27 heavy (non-hydrogen) atoms. The lowest BCUT2D eigenvalue weighted by Gasteiger charge is -2.42. The molecule has 3 rings (SSSR count). The Hall–Kier alpha value is -1.77. The molecule has 2 aromatic rings. The molecule has 2 atom stereocenters. The van der Waals surface area contributed by atoms with Gasteiger partial charge < -0.3 is 4.90 Å². The topological polar surface area (TPSA) is 20.3 Å². The third kappa shape index (κ3) is 6.12. The molecule has 1 saturated heterocycles. The van der Waals surface area contributed by atoms with Crippen molar-refractivity contribution in [2.45, 2.75) is 45.2 Å². The Labute approximate surface area is 172 Å². The van der Waals surface area contributed by atoms with Crippen LogP contribution in [0.3, 0.4) is 0 Å². The van der Waals surface area contributed by atoms with Crippen molar-refractivity contribution in [3.8, 4) is 0 Å². The van der Waals surface area contributed by atoms with Crippen LogP contribution in [0.5, 0.6) is 0 Å². The third-order valence-electron chi connectivity index (χ3n) is 4.72. The number of amides is 1. The van der Waals surface area contributed by atoms with Crippen molar-refractivity contribution < 1.29 is 4.79 Å². The van der Waals surface area contributed by atoms with E-state index in [1.165, 1.54) is 5.56 Å². The summed E-state index contributed by atoms with van der Waals surface area (Å²) in [5.74, 6) is 0.351. The minimum Gasteiger partial charge on any atom is -0.333 e. The number of allylic oxidation sites excluding steroid dienone is 1. The zero-order valence-electron chi connectivity index (χ0n) is 15.9. The standard InChI is InChI=1S/C17H22ClNO.C6H5Cl/c1-4-5-14-8-11-16(19(12(2)3)17(14)20)13-6-9-15(18)10-7-13;7-6-4-2-1-3-5-6/h4,6-7,9-10,12,14,16H,1,5,8,11H2,2-3H3;1-5H/t14-,16?;/m0./s1. The zero-order valence-corrected chi connectivity index (χ0v) is 17.5. The van der Waals surface area contributed by atoms with Gasteiger partial charge in [0.15, 0.2) is 0 Å². The van der Waals surface area contributed by atoms with E-state index >= 15 is 0 Å². The van der Waals surface area contributed by atoms with E-state index in [0.717, 1.165) is 29.3 Å². The largest absolute Gasteiger partial charge is 0.333 e. The van der Waals surface area contributed by atoms with Gasteiger partial charge in [-0.25, -0.2) is 0 Å². The lowest BCUT2D eigenvalue weighted by atomic mass is 9.85. The van der Waals surface area contributed by atoms with E-state index in [-0.39, 0.29) is 23.9 Å². The first-order chi connectivity index (χ1) is 12.9. The first kappa shape index (κ1) is 21.5. The van der Waals surface area contributed by atoms with E-state index in [4.69, 9.17) is 23.2 Å². The smallest absolute Gasteiger partial charge is 0.226 e. The quantitative estimate of drug-likeness (QED) is 0.505. The van der Waals surface area contributed by atoms with E-state index in [0.29, 0.717) is 0 Å². The van der Waals surface area contributed by atoms with Gasteiger partial charge in [-0.2, -0.15) is 0 Å². The van der Waals surface area contributed by atoms with Gasteiger partial charge >= 0.3 is 0 Å². The third-order valence-corrected chi connectivity index (χ3v) is 5.23. The summed E-state index contributed by atoms with van der Waals surface area (Å²) in [6, 6.07) is 17.7. The van der Waals surface area contributed by atoms with Crippen LogP contribution in [0, 0.1) is 5.92 Å². The van der Waals surface area contributed by atoms with Crippen molar-refractivity contribution in [1.29, 1.82) is 0 Å². The molecule has 1 fully saturated rings. The fraction of sp³-hybridized carbons (Fsp3) is 0.348. The molecule has 0 aromatic heterocycles. The summed E-state index contributed by atoms with van der Waals surface area (Å²) in [5.41, 5.74) is 1.17. The molecule has 1 aliphatic rings. The molecular formula is C23H27Cl2NO. The molecule has 1 heterocycles. The number of nitrogens with zero attached hydrogens (tertiary/aromatic N) is 1. The van der Waals surface area contributed by atoms with Crippen molar-refractivity contribution in [3.63, 3.8) is 0 Å². The fourth-order valence-corrected chi connectivity index (χ4v) is 3.72. The summed E-state index contributed by atoms with van der Waals surface area (Å²) in [6.45, 7) is 7.92. The van der Waals surface area contributed by atoms with Gasteiger partial charge in [0.25, 0.3) is 0 Å². The Morgan fingerprint density at radius 2 is 1.63 bits per heavy atom. The van der Waals surface area contributed by atoms with Gasteiger partial charge in [0, 0.05) is 22.0 Å². The Morgan fingerprint density at radius 3 is 2.11 bits per heavy atom. The Balaban J connectivity index is 0.000000313. The number of carbonyl (C=O) groups is 1. The average molecular weight is 404 g/mol. The molecule has 144 valence electrons. The van der Waals surface area contributed by atoms with Crippen LogP contribution in [0.4, 0.5) is 0 Å². The summed E-state index contributed by atoms with van der Waals surface area (Å²) in [6.07, 6.45) is 4.56. The highest BCUT2D eigenvalue weighted by Gasteiger charge is 2.36. The fourth-order valence-electron chi connectivity index (χ4n) is 3.45. The van der Waals surface area contributed by atoms with Gasteiger partial charge in [-0.3, -0.25) is 4.79 Å². The molecule has 0 spiro atoms. The van der Waals surface area contributed by atoms with Gasteiger partial charge in [-0.15, -0.1) is 6.58 Å². The maximum Gasteiger partial charge on any atom is 0.226 e. The van der Waals surface area contributed by atoms with Crippen molar-refractivity contribution >= 4 is 29.1 Å². The van der Waals surface area contributed by atoms with Crippen molar-refractivity contribution in [2.24, 2.45) is 5.92 Å². The Morgan fingerprint density at radius 1 is 1.04 bits per heavy atom. The number of rotatable bonds is 4. The van der Waals surface area contributed by atoms with E-state index in [1.54, 1.807) is 0 Å². The predicted molar refractivity (Wildman–Crippen MR) is 115 cm³/mol. The van der Waals surface area contributed by atoms with Gasteiger partial charge in [-0.05, 0) is 62.9 Å². The maximum absolute atomic E-state index is 12.7. The van der Waals surface area contributed by atoms with Crippen LogP contribution in [0.15, 0.2) is 67.3 Å². The van der Waals surface area contributed by atoms with E-state index < -0.39 is 0 Å². The van der Waals surface area contributed by atoms with E-state index in [2.05, 4.69) is 20.4 Å². The number of likely N-dealkylation sites (tertiary alicyclic amines) is 1. The van der Waals surface area contributed by atoms with Gasteiger partial charge in [0.05, 0.1) is 6.04 Å². The molecule has 0 saturated carbocycles. The predicted octanol–water partition coefficient (Wildman–Crippen LogP) is 6.94. The highest BCUT2D eigenvalue weighted by atomic mass is 35.5. The van der Waals surface area contributed by atoms with Gasteiger partial charge in [-0.1, -0.05) is 59.6 Å². The van der Waals surface area contributed by atoms with Gasteiger partial charge in [0.1, 0.15) is 0 Å². The second-order valence-electron chi connectivity index (χ2n) is 7.00. The number of carbonyl (C=O) groups excluding carboxylic acids is 1. The molecule has 2 aromatic carbocycles. The Kier molecular flexibility index (Phi) is 8.40. The maximum atomic E-state index is 12.7. The molecule has 0 bridgehead atoms. The molecule has 2 nitrogen and oxygen atoms in total. The molecule has 1 amide bonds. The highest BCUT2D eigenvalue weighted by Crippen LogP contribution is 2.37. The van der Waals surface area contributed by atoms with Crippen molar-refractivity contribution in [1.82, 2.24) is 4.90 Å². The normalized spacial score (nSPS) is 19.4. The van der Waals surface area contributed by atoms with Crippen LogP contribution in [-0.4, -0.2) is 16.8 Å². The first-order valence-corrected chi connectivity index (χ1v) is 10.1. The van der Waals surface area contributed by atoms with E-state index in [1.807, 2.05) is 65.6 Å². The number of hydrogen-bond donors (Lipinski definition) is 0. The van der Waals surface area contributed by atoms with Crippen LogP contribution < -0.4 is 0 Å². The minimum absolute atomic E-state index is 0.0958. The number of benzene rings is 2. The SMILES string of the molecule is C=CC[C@H]1CCC(c2ccc(Cl)cc2)N(C(C)C)C1=O.Clc1ccccc1. The Bertz CT molecular complexity index is 728. The van der Waals surface area contributed by atoms with Crippen LogP contribution in [-0.2, 0) is 4.79 Å². The average Bonchev–Trinajstić information content (AvgIpc) is 2.65. The van der Waals surface area contributed by atoms with Crippen LogP contribution >= 0.6 is 23.2 Å². The number of hydrogen-bond acceptors (Lipinski definition) is 1. The monoisotopic (exact) mass is 403 g/mol. The van der Waals surface area contributed by atoms with Crippen molar-refractivity contribution in [2.75, 3.05) is 0 Å². The highest BCUT2D eigenvalue weighted by molar-refractivity contribution is 6.30. The number of piperidine rings is 1. The summed E-state index contributed by atoms with van der Waals surface area (Å²) in [7, 11) is 0. The molecule has 0 aliphatic carbocycles. The molecule has 0 N–H and O–H groups in total. The van der Waals surface area contributed by atoms with E-state index in [9.17, 15) is 4.79 Å². The molecule has 1 unspecified atom stereocenters.